The molecule has 1 heterocycles. The molecule has 4 saturated carbocycles. The van der Waals surface area contributed by atoms with Crippen molar-refractivity contribution in [3.63, 3.8) is 0 Å². The molecule has 5 aliphatic rings. The Morgan fingerprint density at radius 2 is 1.59 bits per heavy atom. The number of benzene rings is 1. The Kier molecular flexibility index (Phi) is 6.09. The topological polar surface area (TPSA) is 66.5 Å². The summed E-state index contributed by atoms with van der Waals surface area (Å²) < 4.78 is 28.1. The number of hydrogen-bond donors (Lipinski definition) is 1. The van der Waals surface area contributed by atoms with Gasteiger partial charge in [0.15, 0.2) is 0 Å². The van der Waals surface area contributed by atoms with Crippen LogP contribution in [0.15, 0.2) is 23.1 Å². The van der Waals surface area contributed by atoms with E-state index in [2.05, 4.69) is 12.2 Å². The minimum absolute atomic E-state index is 0.0520. The van der Waals surface area contributed by atoms with Gasteiger partial charge >= 0.3 is 0 Å². The average Bonchev–Trinajstić information content (AvgIpc) is 3.03. The van der Waals surface area contributed by atoms with Crippen molar-refractivity contribution in [2.45, 2.75) is 82.1 Å². The lowest BCUT2D eigenvalue weighted by Gasteiger charge is -2.59. The van der Waals surface area contributed by atoms with Crippen molar-refractivity contribution in [3.05, 3.63) is 28.8 Å². The fourth-order valence-electron chi connectivity index (χ4n) is 7.40. The number of hydrogen-bond acceptors (Lipinski definition) is 3. The zero-order chi connectivity index (χ0) is 22.5. The van der Waals surface area contributed by atoms with E-state index in [4.69, 9.17) is 11.6 Å². The highest BCUT2D eigenvalue weighted by Crippen LogP contribution is 2.61. The Hall–Kier alpha value is -1.11. The SMILES string of the molecule is CC(NC(=O)c1ccc(Cl)c(S(=O)(=O)N2CCCCCC2)c1)C12CC3CC(CC(C3)C1)C2. The standard InChI is InChI=1S/C25H35ClN2O3S/c1-17(25-14-18-10-19(15-25)12-20(11-18)16-25)27-24(29)21-6-7-22(26)23(13-21)32(30,31)28-8-4-2-3-5-9-28/h6-7,13,17-20H,2-5,8-12,14-16H2,1H3,(H,27,29). The molecule has 5 nitrogen and oxygen atoms in total. The van der Waals surface area contributed by atoms with Crippen LogP contribution in [0.3, 0.4) is 0 Å². The number of carbonyl (C=O) groups is 1. The third-order valence-electron chi connectivity index (χ3n) is 8.73. The highest BCUT2D eigenvalue weighted by atomic mass is 35.5. The normalized spacial score (nSPS) is 33.6. The van der Waals surface area contributed by atoms with Gasteiger partial charge in [-0.15, -0.1) is 0 Å². The third-order valence-corrected chi connectivity index (χ3v) is 11.1. The molecule has 1 unspecified atom stereocenters. The molecule has 0 radical (unpaired) electrons. The van der Waals surface area contributed by atoms with Crippen LogP contribution in [0.2, 0.25) is 5.02 Å². The van der Waals surface area contributed by atoms with E-state index in [1.54, 1.807) is 12.1 Å². The summed E-state index contributed by atoms with van der Waals surface area (Å²) in [5.74, 6) is 2.27. The fourth-order valence-corrected chi connectivity index (χ4v) is 9.42. The molecule has 5 fully saturated rings. The molecule has 0 spiro atoms. The Bertz CT molecular complexity index is 950. The number of nitrogens with one attached hydrogen (secondary N) is 1. The molecule has 32 heavy (non-hydrogen) atoms. The summed E-state index contributed by atoms with van der Waals surface area (Å²) in [6.45, 7) is 3.17. The summed E-state index contributed by atoms with van der Waals surface area (Å²) >= 11 is 6.32. The minimum Gasteiger partial charge on any atom is -0.349 e. The van der Waals surface area contributed by atoms with E-state index in [9.17, 15) is 13.2 Å². The summed E-state index contributed by atoms with van der Waals surface area (Å²) in [4.78, 5) is 13.3. The van der Waals surface area contributed by atoms with Crippen molar-refractivity contribution in [3.8, 4) is 0 Å². The van der Waals surface area contributed by atoms with Crippen LogP contribution in [0.4, 0.5) is 0 Å². The van der Waals surface area contributed by atoms with Crippen LogP contribution in [-0.2, 0) is 10.0 Å². The predicted molar refractivity (Wildman–Crippen MR) is 126 cm³/mol. The van der Waals surface area contributed by atoms with Crippen molar-refractivity contribution in [1.29, 1.82) is 0 Å². The summed E-state index contributed by atoms with van der Waals surface area (Å²) in [5.41, 5.74) is 0.581. The molecule has 1 atom stereocenters. The van der Waals surface area contributed by atoms with Gasteiger partial charge in [0.25, 0.3) is 5.91 Å². The maximum atomic E-state index is 13.3. The van der Waals surface area contributed by atoms with Crippen LogP contribution in [0.5, 0.6) is 0 Å². The molecule has 0 aromatic heterocycles. The van der Waals surface area contributed by atoms with Crippen LogP contribution in [0.1, 0.15) is 81.5 Å². The van der Waals surface area contributed by atoms with E-state index in [1.807, 2.05) is 0 Å². The van der Waals surface area contributed by atoms with E-state index in [0.29, 0.717) is 18.7 Å². The lowest BCUT2D eigenvalue weighted by atomic mass is 9.48. The Morgan fingerprint density at radius 1 is 1.03 bits per heavy atom. The molecule has 1 aromatic carbocycles. The van der Waals surface area contributed by atoms with Gasteiger partial charge in [-0.2, -0.15) is 4.31 Å². The Labute approximate surface area is 197 Å². The smallest absolute Gasteiger partial charge is 0.251 e. The van der Waals surface area contributed by atoms with E-state index in [0.717, 1.165) is 43.4 Å². The summed E-state index contributed by atoms with van der Waals surface area (Å²) in [6.07, 6.45) is 11.6. The second-order valence-corrected chi connectivity index (χ2v) is 13.3. The van der Waals surface area contributed by atoms with Crippen molar-refractivity contribution in [1.82, 2.24) is 9.62 Å². The van der Waals surface area contributed by atoms with Gasteiger partial charge in [-0.1, -0.05) is 24.4 Å². The van der Waals surface area contributed by atoms with Crippen LogP contribution < -0.4 is 5.32 Å². The lowest BCUT2D eigenvalue weighted by Crippen LogP contribution is -2.55. The number of amides is 1. The molecule has 1 saturated heterocycles. The van der Waals surface area contributed by atoms with Gasteiger partial charge in [0, 0.05) is 24.7 Å². The maximum absolute atomic E-state index is 13.3. The molecule has 1 amide bonds. The maximum Gasteiger partial charge on any atom is 0.251 e. The second kappa shape index (κ2) is 8.59. The average molecular weight is 479 g/mol. The van der Waals surface area contributed by atoms with Crippen molar-refractivity contribution in [2.24, 2.45) is 23.2 Å². The van der Waals surface area contributed by atoms with Gasteiger partial charge < -0.3 is 5.32 Å². The first-order valence-electron chi connectivity index (χ1n) is 12.4. The summed E-state index contributed by atoms with van der Waals surface area (Å²) in [5, 5.41) is 3.43. The minimum atomic E-state index is -3.72. The highest BCUT2D eigenvalue weighted by Gasteiger charge is 2.53. The fraction of sp³-hybridized carbons (Fsp3) is 0.720. The first kappa shape index (κ1) is 22.7. The summed E-state index contributed by atoms with van der Waals surface area (Å²) in [7, 11) is -3.72. The number of rotatable bonds is 5. The first-order valence-corrected chi connectivity index (χ1v) is 14.2. The Morgan fingerprint density at radius 3 is 2.16 bits per heavy atom. The molecule has 4 bridgehead atoms. The number of sulfonamides is 1. The second-order valence-electron chi connectivity index (χ2n) is 10.9. The van der Waals surface area contributed by atoms with Gasteiger partial charge in [-0.25, -0.2) is 8.42 Å². The molecule has 1 aliphatic heterocycles. The van der Waals surface area contributed by atoms with Crippen molar-refractivity contribution < 1.29 is 13.2 Å². The van der Waals surface area contributed by atoms with Crippen LogP contribution in [0, 0.1) is 23.2 Å². The molecule has 1 N–H and O–H groups in total. The molecule has 1 aromatic rings. The molecule has 6 rings (SSSR count). The zero-order valence-corrected chi connectivity index (χ0v) is 20.6. The third kappa shape index (κ3) is 4.12. The Balaban J connectivity index is 1.34. The molecule has 4 aliphatic carbocycles. The van der Waals surface area contributed by atoms with E-state index >= 15 is 0 Å². The van der Waals surface area contributed by atoms with E-state index < -0.39 is 10.0 Å². The first-order chi connectivity index (χ1) is 15.3. The predicted octanol–water partition coefficient (Wildman–Crippen LogP) is 5.24. The number of nitrogens with zero attached hydrogens (tertiary/aromatic N) is 1. The van der Waals surface area contributed by atoms with Crippen molar-refractivity contribution in [2.75, 3.05) is 13.1 Å². The molecule has 7 heteroatoms. The molecular formula is C25H35ClN2O3S. The van der Waals surface area contributed by atoms with Gasteiger partial charge in [-0.3, -0.25) is 4.79 Å². The highest BCUT2D eigenvalue weighted by molar-refractivity contribution is 7.89. The quantitative estimate of drug-likeness (QED) is 0.629. The van der Waals surface area contributed by atoms with Gasteiger partial charge in [0.05, 0.1) is 5.02 Å². The van der Waals surface area contributed by atoms with Gasteiger partial charge in [0.2, 0.25) is 10.0 Å². The zero-order valence-electron chi connectivity index (χ0n) is 19.0. The largest absolute Gasteiger partial charge is 0.349 e. The monoisotopic (exact) mass is 478 g/mol. The van der Waals surface area contributed by atoms with Crippen LogP contribution in [-0.4, -0.2) is 37.8 Å². The van der Waals surface area contributed by atoms with Crippen LogP contribution >= 0.6 is 11.6 Å². The summed E-state index contributed by atoms with van der Waals surface area (Å²) in [6, 6.07) is 4.76. The van der Waals surface area contributed by atoms with Crippen LogP contribution in [0.25, 0.3) is 0 Å². The van der Waals surface area contributed by atoms with Gasteiger partial charge in [-0.05, 0) is 99.7 Å². The molecular weight excluding hydrogens is 444 g/mol. The number of carbonyl (C=O) groups excluding carboxylic acids is 1. The van der Waals surface area contributed by atoms with E-state index in [1.165, 1.54) is 48.9 Å². The van der Waals surface area contributed by atoms with Crippen molar-refractivity contribution >= 4 is 27.5 Å². The van der Waals surface area contributed by atoms with Gasteiger partial charge in [0.1, 0.15) is 4.90 Å². The molecule has 176 valence electrons. The number of halogens is 1. The van der Waals surface area contributed by atoms with E-state index in [-0.39, 0.29) is 27.3 Å². The lowest BCUT2D eigenvalue weighted by molar-refractivity contribution is -0.0688.